The maximum atomic E-state index is 10.7. The lowest BCUT2D eigenvalue weighted by atomic mass is 10.1. The Morgan fingerprint density at radius 1 is 1.38 bits per heavy atom. The van der Waals surface area contributed by atoms with E-state index in [2.05, 4.69) is 0 Å². The summed E-state index contributed by atoms with van der Waals surface area (Å²) in [5.74, 6) is 1.40. The van der Waals surface area contributed by atoms with Gasteiger partial charge in [0.25, 0.3) is 0 Å². The zero-order valence-electron chi connectivity index (χ0n) is 9.46. The smallest absolute Gasteiger partial charge is 0.221 e. The number of methoxy groups -OCH3 is 1. The number of rotatable bonds is 6. The van der Waals surface area contributed by atoms with E-state index in [-0.39, 0.29) is 5.24 Å². The lowest BCUT2D eigenvalue weighted by molar-refractivity contribution is -0.111. The fourth-order valence-corrected chi connectivity index (χ4v) is 1.48. The van der Waals surface area contributed by atoms with Gasteiger partial charge in [0, 0.05) is 6.42 Å². The van der Waals surface area contributed by atoms with Crippen molar-refractivity contribution < 1.29 is 14.3 Å². The average Bonchev–Trinajstić information content (AvgIpc) is 2.27. The van der Waals surface area contributed by atoms with Crippen LogP contribution < -0.4 is 9.47 Å². The van der Waals surface area contributed by atoms with Gasteiger partial charge in [0.1, 0.15) is 0 Å². The highest BCUT2D eigenvalue weighted by atomic mass is 35.5. The summed E-state index contributed by atoms with van der Waals surface area (Å²) in [4.78, 5) is 10.7. The molecular weight excluding hydrogens is 228 g/mol. The molecule has 0 aliphatic heterocycles. The maximum Gasteiger partial charge on any atom is 0.221 e. The van der Waals surface area contributed by atoms with Gasteiger partial charge < -0.3 is 9.47 Å². The third-order valence-electron chi connectivity index (χ3n) is 2.14. The highest BCUT2D eigenvalue weighted by molar-refractivity contribution is 6.63. The van der Waals surface area contributed by atoms with Crippen molar-refractivity contribution in [2.75, 3.05) is 13.7 Å². The zero-order valence-corrected chi connectivity index (χ0v) is 10.2. The molecule has 0 spiro atoms. The molecule has 1 rings (SSSR count). The Kier molecular flexibility index (Phi) is 5.12. The number of carbonyl (C=O) groups excluding carboxylic acids is 1. The molecule has 0 N–H and O–H groups in total. The Balaban J connectivity index is 2.79. The second kappa shape index (κ2) is 6.38. The van der Waals surface area contributed by atoms with Crippen LogP contribution in [0.2, 0.25) is 0 Å². The van der Waals surface area contributed by atoms with Crippen molar-refractivity contribution in [3.8, 4) is 11.5 Å². The van der Waals surface area contributed by atoms with Gasteiger partial charge in [0.05, 0.1) is 13.7 Å². The van der Waals surface area contributed by atoms with Crippen molar-refractivity contribution in [3.63, 3.8) is 0 Å². The molecule has 0 atom stereocenters. The highest BCUT2D eigenvalue weighted by Gasteiger charge is 2.06. The second-order valence-corrected chi connectivity index (χ2v) is 3.69. The van der Waals surface area contributed by atoms with Crippen LogP contribution in [0.25, 0.3) is 0 Å². The predicted molar refractivity (Wildman–Crippen MR) is 63.3 cm³/mol. The molecule has 0 aliphatic rings. The van der Waals surface area contributed by atoms with Gasteiger partial charge in [0.15, 0.2) is 11.5 Å². The number of carbonyl (C=O) groups is 1. The minimum atomic E-state index is -0.325. The van der Waals surface area contributed by atoms with Gasteiger partial charge in [-0.3, -0.25) is 4.79 Å². The first-order chi connectivity index (χ1) is 7.67. The molecule has 0 amide bonds. The minimum absolute atomic E-state index is 0.325. The second-order valence-electron chi connectivity index (χ2n) is 3.27. The molecule has 0 saturated carbocycles. The molecule has 16 heavy (non-hydrogen) atoms. The van der Waals surface area contributed by atoms with Crippen LogP contribution in [-0.2, 0) is 11.2 Å². The SMILES string of the molecule is CCOc1cc(CCC(=O)Cl)ccc1OC. The van der Waals surface area contributed by atoms with Gasteiger partial charge in [0.2, 0.25) is 5.24 Å². The average molecular weight is 243 g/mol. The summed E-state index contributed by atoms with van der Waals surface area (Å²) in [6.45, 7) is 2.49. The number of ether oxygens (including phenoxy) is 2. The molecular formula is C12H15ClO3. The van der Waals surface area contributed by atoms with Crippen molar-refractivity contribution in [1.82, 2.24) is 0 Å². The Bertz CT molecular complexity index is 363. The van der Waals surface area contributed by atoms with E-state index in [1.54, 1.807) is 7.11 Å². The van der Waals surface area contributed by atoms with Gasteiger partial charge in [-0.1, -0.05) is 6.07 Å². The van der Waals surface area contributed by atoms with E-state index in [0.29, 0.717) is 30.9 Å². The predicted octanol–water partition coefficient (Wildman–Crippen LogP) is 2.79. The fourth-order valence-electron chi connectivity index (χ4n) is 1.39. The standard InChI is InChI=1S/C12H15ClO3/c1-3-16-11-8-9(5-7-12(13)14)4-6-10(11)15-2/h4,6,8H,3,5,7H2,1-2H3. The zero-order chi connectivity index (χ0) is 12.0. The normalized spacial score (nSPS) is 9.94. The summed E-state index contributed by atoms with van der Waals surface area (Å²) in [5, 5.41) is -0.325. The van der Waals surface area contributed by atoms with E-state index in [1.807, 2.05) is 25.1 Å². The molecule has 0 unspecified atom stereocenters. The van der Waals surface area contributed by atoms with Crippen molar-refractivity contribution >= 4 is 16.8 Å². The van der Waals surface area contributed by atoms with Gasteiger partial charge in [-0.2, -0.15) is 0 Å². The molecule has 0 saturated heterocycles. The van der Waals surface area contributed by atoms with Crippen LogP contribution in [0.3, 0.4) is 0 Å². The number of aryl methyl sites for hydroxylation is 1. The molecule has 1 aromatic rings. The summed E-state index contributed by atoms with van der Waals surface area (Å²) >= 11 is 5.29. The number of hydrogen-bond donors (Lipinski definition) is 0. The van der Waals surface area contributed by atoms with Crippen LogP contribution in [0, 0.1) is 0 Å². The van der Waals surface area contributed by atoms with E-state index in [0.717, 1.165) is 5.56 Å². The number of benzene rings is 1. The largest absolute Gasteiger partial charge is 0.493 e. The van der Waals surface area contributed by atoms with Crippen molar-refractivity contribution in [2.24, 2.45) is 0 Å². The van der Waals surface area contributed by atoms with Crippen LogP contribution in [0.1, 0.15) is 18.9 Å². The molecule has 4 heteroatoms. The lowest BCUT2D eigenvalue weighted by Crippen LogP contribution is -1.97. The third kappa shape index (κ3) is 3.74. The Morgan fingerprint density at radius 2 is 2.12 bits per heavy atom. The third-order valence-corrected chi connectivity index (χ3v) is 2.33. The Morgan fingerprint density at radius 3 is 2.69 bits per heavy atom. The van der Waals surface area contributed by atoms with E-state index in [9.17, 15) is 4.79 Å². The van der Waals surface area contributed by atoms with E-state index in [4.69, 9.17) is 21.1 Å². The Hall–Kier alpha value is -1.22. The van der Waals surface area contributed by atoms with Crippen molar-refractivity contribution in [3.05, 3.63) is 23.8 Å². The molecule has 0 heterocycles. The van der Waals surface area contributed by atoms with Gasteiger partial charge in [-0.05, 0) is 42.6 Å². The summed E-state index contributed by atoms with van der Waals surface area (Å²) in [6.07, 6.45) is 0.950. The van der Waals surface area contributed by atoms with Gasteiger partial charge >= 0.3 is 0 Å². The van der Waals surface area contributed by atoms with Crippen LogP contribution in [-0.4, -0.2) is 19.0 Å². The van der Waals surface area contributed by atoms with Crippen LogP contribution in [0.5, 0.6) is 11.5 Å². The molecule has 0 aliphatic carbocycles. The molecule has 3 nitrogen and oxygen atoms in total. The van der Waals surface area contributed by atoms with E-state index < -0.39 is 0 Å². The molecule has 0 aromatic heterocycles. The topological polar surface area (TPSA) is 35.5 Å². The van der Waals surface area contributed by atoms with E-state index in [1.165, 1.54) is 0 Å². The van der Waals surface area contributed by atoms with Crippen LogP contribution in [0.4, 0.5) is 0 Å². The number of halogens is 1. The van der Waals surface area contributed by atoms with Crippen molar-refractivity contribution in [2.45, 2.75) is 19.8 Å². The monoisotopic (exact) mass is 242 g/mol. The summed E-state index contributed by atoms with van der Waals surface area (Å²) in [6, 6.07) is 5.61. The number of hydrogen-bond acceptors (Lipinski definition) is 3. The van der Waals surface area contributed by atoms with E-state index >= 15 is 0 Å². The van der Waals surface area contributed by atoms with Crippen LogP contribution >= 0.6 is 11.6 Å². The van der Waals surface area contributed by atoms with Gasteiger partial charge in [-0.25, -0.2) is 0 Å². The van der Waals surface area contributed by atoms with Gasteiger partial charge in [-0.15, -0.1) is 0 Å². The first-order valence-corrected chi connectivity index (χ1v) is 5.53. The van der Waals surface area contributed by atoms with Crippen molar-refractivity contribution in [1.29, 1.82) is 0 Å². The molecule has 1 aromatic carbocycles. The molecule has 88 valence electrons. The highest BCUT2D eigenvalue weighted by Crippen LogP contribution is 2.28. The first kappa shape index (κ1) is 12.8. The summed E-state index contributed by atoms with van der Waals surface area (Å²) in [5.41, 5.74) is 1.01. The first-order valence-electron chi connectivity index (χ1n) is 5.15. The molecule has 0 bridgehead atoms. The quantitative estimate of drug-likeness (QED) is 0.720. The minimum Gasteiger partial charge on any atom is -0.493 e. The Labute approximate surface area is 100 Å². The lowest BCUT2D eigenvalue weighted by Gasteiger charge is -2.10. The van der Waals surface area contributed by atoms with Crippen LogP contribution in [0.15, 0.2) is 18.2 Å². The molecule has 0 radical (unpaired) electrons. The summed E-state index contributed by atoms with van der Waals surface area (Å²) in [7, 11) is 1.60. The summed E-state index contributed by atoms with van der Waals surface area (Å²) < 4.78 is 10.6. The maximum absolute atomic E-state index is 10.7. The fraction of sp³-hybridized carbons (Fsp3) is 0.417. The molecule has 0 fully saturated rings.